The average molecular weight is 417 g/mol. The summed E-state index contributed by atoms with van der Waals surface area (Å²) in [5, 5.41) is 3.53. The van der Waals surface area contributed by atoms with Crippen molar-refractivity contribution in [1.82, 2.24) is 4.98 Å². The Morgan fingerprint density at radius 2 is 1.81 bits per heavy atom. The van der Waals surface area contributed by atoms with Gasteiger partial charge in [-0.1, -0.05) is 75.6 Å². The van der Waals surface area contributed by atoms with Crippen molar-refractivity contribution in [2.45, 2.75) is 58.6 Å². The molecule has 0 spiro atoms. The van der Waals surface area contributed by atoms with Crippen LogP contribution in [0.5, 0.6) is 5.75 Å². The summed E-state index contributed by atoms with van der Waals surface area (Å²) in [5.41, 5.74) is 2.29. The third-order valence-electron chi connectivity index (χ3n) is 5.28. The van der Waals surface area contributed by atoms with Crippen LogP contribution in [0.1, 0.15) is 67.4 Å². The molecule has 4 heteroatoms. The van der Waals surface area contributed by atoms with Gasteiger partial charge in [0.2, 0.25) is 0 Å². The van der Waals surface area contributed by atoms with E-state index in [9.17, 15) is 4.79 Å². The summed E-state index contributed by atoms with van der Waals surface area (Å²) in [5.74, 6) is 1.30. The first kappa shape index (κ1) is 22.5. The van der Waals surface area contributed by atoms with Crippen molar-refractivity contribution in [1.29, 1.82) is 0 Å². The number of ketones is 1. The zero-order valence-electron chi connectivity index (χ0n) is 18.5. The Hall–Kier alpha value is -3.14. The van der Waals surface area contributed by atoms with Gasteiger partial charge >= 0.3 is 0 Å². The minimum atomic E-state index is -0.0495. The highest BCUT2D eigenvalue weighted by atomic mass is 16.5. The van der Waals surface area contributed by atoms with Crippen LogP contribution in [-0.2, 0) is 6.61 Å². The lowest BCUT2D eigenvalue weighted by atomic mass is 10.0. The number of hydrogen-bond acceptors (Lipinski definition) is 4. The van der Waals surface area contributed by atoms with Gasteiger partial charge in [0.1, 0.15) is 18.2 Å². The summed E-state index contributed by atoms with van der Waals surface area (Å²) < 4.78 is 5.91. The molecule has 162 valence electrons. The summed E-state index contributed by atoms with van der Waals surface area (Å²) in [4.78, 5) is 17.8. The van der Waals surface area contributed by atoms with E-state index in [2.05, 4.69) is 24.1 Å². The van der Waals surface area contributed by atoms with Gasteiger partial charge in [0.25, 0.3) is 0 Å². The van der Waals surface area contributed by atoms with Gasteiger partial charge in [0.15, 0.2) is 5.78 Å². The first-order valence-corrected chi connectivity index (χ1v) is 11.2. The van der Waals surface area contributed by atoms with Crippen LogP contribution >= 0.6 is 0 Å². The SMILES string of the molecule is CCCCC(CCC)Nc1ncccc1C(=O)c1cccc(OCc2ccccc2)c1. The molecule has 0 saturated heterocycles. The number of carbonyl (C=O) groups excluding carboxylic acids is 1. The van der Waals surface area contributed by atoms with Crippen molar-refractivity contribution >= 4 is 11.6 Å². The van der Waals surface area contributed by atoms with E-state index in [1.165, 1.54) is 0 Å². The smallest absolute Gasteiger partial charge is 0.196 e. The van der Waals surface area contributed by atoms with Crippen molar-refractivity contribution < 1.29 is 9.53 Å². The summed E-state index contributed by atoms with van der Waals surface area (Å²) >= 11 is 0. The number of rotatable bonds is 12. The molecule has 1 atom stereocenters. The largest absolute Gasteiger partial charge is 0.489 e. The predicted molar refractivity (Wildman–Crippen MR) is 127 cm³/mol. The number of pyridine rings is 1. The first-order valence-electron chi connectivity index (χ1n) is 11.2. The quantitative estimate of drug-likeness (QED) is 0.335. The van der Waals surface area contributed by atoms with E-state index in [1.54, 1.807) is 6.20 Å². The molecule has 0 saturated carbocycles. The lowest BCUT2D eigenvalue weighted by Crippen LogP contribution is -2.22. The van der Waals surface area contributed by atoms with Crippen LogP contribution in [0.25, 0.3) is 0 Å². The minimum absolute atomic E-state index is 0.0495. The van der Waals surface area contributed by atoms with E-state index in [-0.39, 0.29) is 5.78 Å². The third kappa shape index (κ3) is 6.68. The van der Waals surface area contributed by atoms with Crippen molar-refractivity contribution in [3.63, 3.8) is 0 Å². The monoisotopic (exact) mass is 416 g/mol. The highest BCUT2D eigenvalue weighted by Gasteiger charge is 2.17. The first-order chi connectivity index (χ1) is 15.2. The van der Waals surface area contributed by atoms with Gasteiger partial charge in [-0.15, -0.1) is 0 Å². The van der Waals surface area contributed by atoms with Crippen LogP contribution in [0.3, 0.4) is 0 Å². The molecule has 0 radical (unpaired) electrons. The Kier molecular flexibility index (Phi) is 8.65. The molecular formula is C27H32N2O2. The lowest BCUT2D eigenvalue weighted by molar-refractivity contribution is 0.103. The fraction of sp³-hybridized carbons (Fsp3) is 0.333. The zero-order chi connectivity index (χ0) is 21.9. The number of aromatic nitrogens is 1. The topological polar surface area (TPSA) is 51.2 Å². The van der Waals surface area contributed by atoms with Crippen LogP contribution in [-0.4, -0.2) is 16.8 Å². The molecule has 0 aliphatic heterocycles. The maximum Gasteiger partial charge on any atom is 0.196 e. The molecule has 0 aliphatic carbocycles. The molecule has 0 fully saturated rings. The lowest BCUT2D eigenvalue weighted by Gasteiger charge is -2.20. The molecule has 3 rings (SSSR count). The Morgan fingerprint density at radius 3 is 2.58 bits per heavy atom. The molecular weight excluding hydrogens is 384 g/mol. The van der Waals surface area contributed by atoms with Crippen molar-refractivity contribution in [3.05, 3.63) is 89.6 Å². The second kappa shape index (κ2) is 11.9. The number of carbonyl (C=O) groups is 1. The molecule has 0 aliphatic rings. The summed E-state index contributed by atoms with van der Waals surface area (Å²) in [7, 11) is 0. The molecule has 2 aromatic carbocycles. The molecule has 4 nitrogen and oxygen atoms in total. The Bertz CT molecular complexity index is 956. The Balaban J connectivity index is 1.75. The standard InChI is InChI=1S/C27H32N2O2/c1-3-5-15-23(11-4-2)29-27-25(17-10-18-28-27)26(30)22-14-9-16-24(19-22)31-20-21-12-7-6-8-13-21/h6-10,12-14,16-19,23H,3-5,11,15,20H2,1-2H3,(H,28,29). The van der Waals surface area contributed by atoms with E-state index in [4.69, 9.17) is 4.74 Å². The van der Waals surface area contributed by atoms with Crippen LogP contribution in [0, 0.1) is 0 Å². The van der Waals surface area contributed by atoms with E-state index in [0.29, 0.717) is 35.3 Å². The number of benzene rings is 2. The van der Waals surface area contributed by atoms with E-state index < -0.39 is 0 Å². The van der Waals surface area contributed by atoms with Crippen LogP contribution < -0.4 is 10.1 Å². The average Bonchev–Trinajstić information content (AvgIpc) is 2.82. The molecule has 1 heterocycles. The number of anilines is 1. The van der Waals surface area contributed by atoms with Crippen LogP contribution in [0.15, 0.2) is 72.9 Å². The number of nitrogens with one attached hydrogen (secondary N) is 1. The van der Waals surface area contributed by atoms with E-state index >= 15 is 0 Å². The second-order valence-electron chi connectivity index (χ2n) is 7.80. The highest BCUT2D eigenvalue weighted by Crippen LogP contribution is 2.23. The van der Waals surface area contributed by atoms with Gasteiger partial charge in [-0.2, -0.15) is 0 Å². The fourth-order valence-corrected chi connectivity index (χ4v) is 3.61. The predicted octanol–water partition coefficient (Wildman–Crippen LogP) is 6.66. The van der Waals surface area contributed by atoms with Crippen LogP contribution in [0.2, 0.25) is 0 Å². The Morgan fingerprint density at radius 1 is 0.968 bits per heavy atom. The van der Waals surface area contributed by atoms with Gasteiger partial charge in [0, 0.05) is 17.8 Å². The maximum absolute atomic E-state index is 13.3. The maximum atomic E-state index is 13.3. The van der Waals surface area contributed by atoms with Gasteiger partial charge in [-0.25, -0.2) is 4.98 Å². The van der Waals surface area contributed by atoms with Gasteiger partial charge in [-0.05, 0) is 42.7 Å². The second-order valence-corrected chi connectivity index (χ2v) is 7.80. The molecule has 1 aromatic heterocycles. The number of nitrogens with zero attached hydrogens (tertiary/aromatic N) is 1. The summed E-state index contributed by atoms with van der Waals surface area (Å²) in [6.07, 6.45) is 7.30. The normalized spacial score (nSPS) is 11.7. The number of unbranched alkanes of at least 4 members (excludes halogenated alkanes) is 1. The fourth-order valence-electron chi connectivity index (χ4n) is 3.61. The summed E-state index contributed by atoms with van der Waals surface area (Å²) in [6, 6.07) is 21.4. The summed E-state index contributed by atoms with van der Waals surface area (Å²) in [6.45, 7) is 4.85. The van der Waals surface area contributed by atoms with E-state index in [1.807, 2.05) is 66.7 Å². The van der Waals surface area contributed by atoms with Crippen LogP contribution in [0.4, 0.5) is 5.82 Å². The van der Waals surface area contributed by atoms with Gasteiger partial charge in [-0.3, -0.25) is 4.79 Å². The van der Waals surface area contributed by atoms with Gasteiger partial charge < -0.3 is 10.1 Å². The molecule has 0 amide bonds. The van der Waals surface area contributed by atoms with E-state index in [0.717, 1.165) is 37.7 Å². The number of hydrogen-bond donors (Lipinski definition) is 1. The molecule has 3 aromatic rings. The molecule has 1 N–H and O–H groups in total. The molecule has 0 bridgehead atoms. The number of ether oxygens (including phenoxy) is 1. The van der Waals surface area contributed by atoms with Crippen molar-refractivity contribution in [2.24, 2.45) is 0 Å². The zero-order valence-corrected chi connectivity index (χ0v) is 18.5. The van der Waals surface area contributed by atoms with Crippen molar-refractivity contribution in [2.75, 3.05) is 5.32 Å². The highest BCUT2D eigenvalue weighted by molar-refractivity contribution is 6.12. The van der Waals surface area contributed by atoms with Gasteiger partial charge in [0.05, 0.1) is 5.56 Å². The van der Waals surface area contributed by atoms with Crippen molar-refractivity contribution in [3.8, 4) is 5.75 Å². The Labute approximate surface area is 185 Å². The molecule has 1 unspecified atom stereocenters. The third-order valence-corrected chi connectivity index (χ3v) is 5.28. The molecule has 31 heavy (non-hydrogen) atoms. The minimum Gasteiger partial charge on any atom is -0.489 e.